The van der Waals surface area contributed by atoms with Crippen molar-refractivity contribution >= 4 is 10.0 Å². The van der Waals surface area contributed by atoms with Crippen LogP contribution in [0.4, 0.5) is 4.39 Å². The first-order valence-corrected chi connectivity index (χ1v) is 11.5. The predicted molar refractivity (Wildman–Crippen MR) is 102 cm³/mol. The SMILES string of the molecule is Cc1c(F)cccc1CN1CCC2(CC1)CC(NS(=O)(=O)C1CC1)CCO2. The van der Waals surface area contributed by atoms with E-state index in [9.17, 15) is 12.8 Å². The van der Waals surface area contributed by atoms with E-state index in [1.165, 1.54) is 6.07 Å². The van der Waals surface area contributed by atoms with Crippen molar-refractivity contribution in [1.82, 2.24) is 9.62 Å². The molecule has 1 aromatic rings. The quantitative estimate of drug-likeness (QED) is 0.831. The lowest BCUT2D eigenvalue weighted by atomic mass is 9.82. The number of nitrogens with zero attached hydrogens (tertiary/aromatic N) is 1. The summed E-state index contributed by atoms with van der Waals surface area (Å²) >= 11 is 0. The molecule has 1 unspecified atom stereocenters. The molecule has 150 valence electrons. The monoisotopic (exact) mass is 396 g/mol. The summed E-state index contributed by atoms with van der Waals surface area (Å²) in [5.41, 5.74) is 1.54. The maximum Gasteiger partial charge on any atom is 0.214 e. The Kier molecular flexibility index (Phi) is 5.31. The fraction of sp³-hybridized carbons (Fsp3) is 0.700. The summed E-state index contributed by atoms with van der Waals surface area (Å²) < 4.78 is 47.4. The number of nitrogens with one attached hydrogen (secondary N) is 1. The van der Waals surface area contributed by atoms with E-state index in [0.29, 0.717) is 6.61 Å². The van der Waals surface area contributed by atoms with Crippen LogP contribution in [-0.2, 0) is 21.3 Å². The van der Waals surface area contributed by atoms with E-state index < -0.39 is 10.0 Å². The highest BCUT2D eigenvalue weighted by Gasteiger charge is 2.43. The van der Waals surface area contributed by atoms with E-state index >= 15 is 0 Å². The fourth-order valence-electron chi connectivity index (χ4n) is 4.37. The summed E-state index contributed by atoms with van der Waals surface area (Å²) in [6.07, 6.45) is 4.87. The van der Waals surface area contributed by atoms with E-state index in [4.69, 9.17) is 4.74 Å². The Bertz CT molecular complexity index is 786. The number of piperidine rings is 1. The second kappa shape index (κ2) is 7.43. The minimum absolute atomic E-state index is 0.0126. The maximum absolute atomic E-state index is 13.8. The zero-order valence-corrected chi connectivity index (χ0v) is 16.7. The van der Waals surface area contributed by atoms with Gasteiger partial charge in [0.25, 0.3) is 0 Å². The third kappa shape index (κ3) is 4.36. The Morgan fingerprint density at radius 2 is 2.00 bits per heavy atom. The summed E-state index contributed by atoms with van der Waals surface area (Å²) in [5.74, 6) is -0.151. The smallest absolute Gasteiger partial charge is 0.214 e. The van der Waals surface area contributed by atoms with E-state index in [1.807, 2.05) is 13.0 Å². The van der Waals surface area contributed by atoms with Crippen LogP contribution in [0.3, 0.4) is 0 Å². The van der Waals surface area contributed by atoms with Crippen LogP contribution < -0.4 is 4.72 Å². The van der Waals surface area contributed by atoms with Crippen molar-refractivity contribution < 1.29 is 17.5 Å². The fourth-order valence-corrected chi connectivity index (χ4v) is 5.98. The first kappa shape index (κ1) is 19.3. The molecule has 7 heteroatoms. The van der Waals surface area contributed by atoms with Crippen molar-refractivity contribution in [3.8, 4) is 0 Å². The maximum atomic E-state index is 13.8. The number of likely N-dealkylation sites (tertiary alicyclic amines) is 1. The second-order valence-corrected chi connectivity index (χ2v) is 10.4. The van der Waals surface area contributed by atoms with Gasteiger partial charge in [0.15, 0.2) is 0 Å². The zero-order valence-electron chi connectivity index (χ0n) is 15.9. The molecule has 27 heavy (non-hydrogen) atoms. The highest BCUT2D eigenvalue weighted by atomic mass is 32.2. The third-order valence-electron chi connectivity index (χ3n) is 6.33. The zero-order chi connectivity index (χ0) is 19.1. The molecule has 0 radical (unpaired) electrons. The molecule has 1 spiro atoms. The molecule has 0 aromatic heterocycles. The predicted octanol–water partition coefficient (Wildman–Crippen LogP) is 2.73. The van der Waals surface area contributed by atoms with E-state index in [2.05, 4.69) is 9.62 Å². The van der Waals surface area contributed by atoms with Gasteiger partial charge in [0.05, 0.1) is 10.9 Å². The van der Waals surface area contributed by atoms with Gasteiger partial charge in [-0.2, -0.15) is 0 Å². The van der Waals surface area contributed by atoms with Crippen LogP contribution >= 0.6 is 0 Å². The molecule has 4 rings (SSSR count). The Labute approximate surface area is 161 Å². The number of halogens is 1. The van der Waals surface area contributed by atoms with Crippen molar-refractivity contribution in [2.24, 2.45) is 0 Å². The van der Waals surface area contributed by atoms with Gasteiger partial charge in [0.1, 0.15) is 5.82 Å². The van der Waals surface area contributed by atoms with Gasteiger partial charge >= 0.3 is 0 Å². The minimum Gasteiger partial charge on any atom is -0.375 e. The molecule has 3 fully saturated rings. The molecule has 2 heterocycles. The van der Waals surface area contributed by atoms with Gasteiger partial charge in [0, 0.05) is 32.3 Å². The van der Waals surface area contributed by atoms with Crippen LogP contribution in [0.5, 0.6) is 0 Å². The van der Waals surface area contributed by atoms with Gasteiger partial charge in [-0.25, -0.2) is 17.5 Å². The van der Waals surface area contributed by atoms with Crippen molar-refractivity contribution in [1.29, 1.82) is 0 Å². The van der Waals surface area contributed by atoms with Crippen molar-refractivity contribution in [2.45, 2.75) is 68.9 Å². The average Bonchev–Trinajstić information content (AvgIpc) is 3.47. The molecular weight excluding hydrogens is 367 g/mol. The molecule has 1 N–H and O–H groups in total. The molecule has 1 atom stereocenters. The molecule has 0 amide bonds. The molecule has 2 saturated heterocycles. The molecule has 2 aliphatic heterocycles. The van der Waals surface area contributed by atoms with Gasteiger partial charge in [-0.05, 0) is 62.6 Å². The summed E-state index contributed by atoms with van der Waals surface area (Å²) in [7, 11) is -3.15. The van der Waals surface area contributed by atoms with Crippen molar-refractivity contribution in [3.63, 3.8) is 0 Å². The van der Waals surface area contributed by atoms with Crippen molar-refractivity contribution in [2.75, 3.05) is 19.7 Å². The highest BCUT2D eigenvalue weighted by molar-refractivity contribution is 7.90. The lowest BCUT2D eigenvalue weighted by Gasteiger charge is -2.46. The van der Waals surface area contributed by atoms with Crippen LogP contribution in [0, 0.1) is 12.7 Å². The Morgan fingerprint density at radius 1 is 1.26 bits per heavy atom. The van der Waals surface area contributed by atoms with E-state index in [-0.39, 0.29) is 22.7 Å². The van der Waals surface area contributed by atoms with Gasteiger partial charge in [-0.1, -0.05) is 12.1 Å². The number of rotatable bonds is 5. The van der Waals surface area contributed by atoms with Crippen LogP contribution in [0.2, 0.25) is 0 Å². The van der Waals surface area contributed by atoms with Crippen LogP contribution in [-0.4, -0.2) is 49.9 Å². The van der Waals surface area contributed by atoms with Crippen LogP contribution in [0.15, 0.2) is 18.2 Å². The topological polar surface area (TPSA) is 58.6 Å². The van der Waals surface area contributed by atoms with Gasteiger partial charge in [-0.3, -0.25) is 4.90 Å². The summed E-state index contributed by atoms with van der Waals surface area (Å²) in [5, 5.41) is -0.173. The largest absolute Gasteiger partial charge is 0.375 e. The normalized spacial score (nSPS) is 26.4. The first-order valence-electron chi connectivity index (χ1n) is 9.98. The number of sulfonamides is 1. The highest BCUT2D eigenvalue weighted by Crippen LogP contribution is 2.37. The minimum atomic E-state index is -3.15. The van der Waals surface area contributed by atoms with Gasteiger partial charge in [0.2, 0.25) is 10.0 Å². The molecule has 3 aliphatic rings. The summed E-state index contributed by atoms with van der Waals surface area (Å²) in [4.78, 5) is 2.34. The molecule has 1 aliphatic carbocycles. The van der Waals surface area contributed by atoms with E-state index in [1.54, 1.807) is 6.07 Å². The Hall–Kier alpha value is -1.02. The van der Waals surface area contributed by atoms with Crippen molar-refractivity contribution in [3.05, 3.63) is 35.1 Å². The van der Waals surface area contributed by atoms with Gasteiger partial charge < -0.3 is 4.74 Å². The summed E-state index contributed by atoms with van der Waals surface area (Å²) in [6.45, 7) is 4.96. The number of benzene rings is 1. The molecule has 1 aromatic carbocycles. The van der Waals surface area contributed by atoms with Gasteiger partial charge in [-0.15, -0.1) is 0 Å². The van der Waals surface area contributed by atoms with Crippen LogP contribution in [0.1, 0.15) is 49.7 Å². The number of ether oxygens (including phenoxy) is 1. The number of hydrogen-bond acceptors (Lipinski definition) is 4. The summed E-state index contributed by atoms with van der Waals surface area (Å²) in [6, 6.07) is 5.25. The lowest BCUT2D eigenvalue weighted by Crippen LogP contribution is -2.53. The Morgan fingerprint density at radius 3 is 2.70 bits per heavy atom. The second-order valence-electron chi connectivity index (χ2n) is 8.38. The standard InChI is InChI=1S/C20H29FN2O3S/c1-15-16(3-2-4-19(15)21)14-23-10-8-20(9-11-23)13-17(7-12-26-20)22-27(24,25)18-5-6-18/h2-4,17-18,22H,5-14H2,1H3. The third-order valence-corrected chi connectivity index (χ3v) is 8.34. The van der Waals surface area contributed by atoms with Crippen LogP contribution in [0.25, 0.3) is 0 Å². The average molecular weight is 397 g/mol. The Balaban J connectivity index is 1.34. The molecule has 0 bridgehead atoms. The first-order chi connectivity index (χ1) is 12.9. The molecular formula is C20H29FN2O3S. The molecule has 1 saturated carbocycles. The lowest BCUT2D eigenvalue weighted by molar-refractivity contribution is -0.118. The van der Waals surface area contributed by atoms with E-state index in [0.717, 1.165) is 69.3 Å². The molecule has 5 nitrogen and oxygen atoms in total. The number of hydrogen-bond donors (Lipinski definition) is 1.